The van der Waals surface area contributed by atoms with Crippen LogP contribution in [0.5, 0.6) is 0 Å². The first-order chi connectivity index (χ1) is 9.29. The first-order valence-electron chi connectivity index (χ1n) is 5.72. The van der Waals surface area contributed by atoms with Crippen LogP contribution in [0.1, 0.15) is 9.67 Å². The third-order valence-electron chi connectivity index (χ3n) is 2.67. The number of benzene rings is 1. The smallest absolute Gasteiger partial charge is 0.263 e. The van der Waals surface area contributed by atoms with Gasteiger partial charge in [0.15, 0.2) is 0 Å². The highest BCUT2D eigenvalue weighted by Gasteiger charge is 2.17. The minimum atomic E-state index is -3.09. The normalized spacial score (nSPS) is 11.7. The number of anilines is 1. The number of nitrogen functional groups attached to an aromatic ring is 1. The fourth-order valence-electron chi connectivity index (χ4n) is 1.73. The van der Waals surface area contributed by atoms with Gasteiger partial charge < -0.3 is 11.1 Å². The molecule has 5 nitrogen and oxygen atoms in total. The fourth-order valence-corrected chi connectivity index (χ4v) is 3.98. The highest BCUT2D eigenvalue weighted by atomic mass is 79.9. The van der Waals surface area contributed by atoms with E-state index in [1.807, 2.05) is 18.2 Å². The van der Waals surface area contributed by atoms with E-state index in [1.54, 1.807) is 0 Å². The van der Waals surface area contributed by atoms with E-state index in [-0.39, 0.29) is 18.2 Å². The summed E-state index contributed by atoms with van der Waals surface area (Å²) in [5, 5.41) is 3.38. The van der Waals surface area contributed by atoms with Gasteiger partial charge in [0.25, 0.3) is 5.91 Å². The molecule has 0 atom stereocenters. The van der Waals surface area contributed by atoms with Crippen molar-refractivity contribution in [1.29, 1.82) is 0 Å². The summed E-state index contributed by atoms with van der Waals surface area (Å²) in [6.07, 6.45) is 1.13. The van der Waals surface area contributed by atoms with Gasteiger partial charge in [0.1, 0.15) is 14.7 Å². The molecule has 1 aromatic carbocycles. The maximum Gasteiger partial charge on any atom is 0.263 e. The highest BCUT2D eigenvalue weighted by molar-refractivity contribution is 9.10. The molecule has 0 radical (unpaired) electrons. The van der Waals surface area contributed by atoms with Crippen molar-refractivity contribution in [2.75, 3.05) is 24.3 Å². The second kappa shape index (κ2) is 5.71. The van der Waals surface area contributed by atoms with E-state index in [0.717, 1.165) is 20.8 Å². The van der Waals surface area contributed by atoms with E-state index in [1.165, 1.54) is 11.3 Å². The molecule has 0 bridgehead atoms. The van der Waals surface area contributed by atoms with Crippen molar-refractivity contribution in [2.45, 2.75) is 0 Å². The van der Waals surface area contributed by atoms with E-state index < -0.39 is 9.84 Å². The van der Waals surface area contributed by atoms with Gasteiger partial charge in [0, 0.05) is 27.4 Å². The van der Waals surface area contributed by atoms with Crippen molar-refractivity contribution in [3.8, 4) is 0 Å². The summed E-state index contributed by atoms with van der Waals surface area (Å²) in [5.41, 5.74) is 6.41. The van der Waals surface area contributed by atoms with Crippen LogP contribution < -0.4 is 11.1 Å². The number of carbonyl (C=O) groups is 1. The second-order valence-corrected chi connectivity index (χ2v) is 8.51. The Hall–Kier alpha value is -1.12. The Morgan fingerprint density at radius 3 is 2.75 bits per heavy atom. The Balaban J connectivity index is 2.23. The van der Waals surface area contributed by atoms with Crippen LogP contribution in [0.15, 0.2) is 22.7 Å². The first-order valence-corrected chi connectivity index (χ1v) is 9.39. The lowest BCUT2D eigenvalue weighted by Gasteiger charge is -2.03. The predicted molar refractivity (Wildman–Crippen MR) is 86.0 cm³/mol. The minimum Gasteiger partial charge on any atom is -0.397 e. The van der Waals surface area contributed by atoms with Gasteiger partial charge in [-0.1, -0.05) is 22.0 Å². The van der Waals surface area contributed by atoms with Crippen LogP contribution in [0.2, 0.25) is 0 Å². The van der Waals surface area contributed by atoms with Gasteiger partial charge in [0.05, 0.1) is 11.4 Å². The van der Waals surface area contributed by atoms with Crippen molar-refractivity contribution in [1.82, 2.24) is 5.32 Å². The predicted octanol–water partition coefficient (Wildman–Crippen LogP) is 2.02. The molecule has 1 heterocycles. The maximum absolute atomic E-state index is 12.0. The molecule has 0 fully saturated rings. The standard InChI is InChI=1S/C12H13BrN2O3S2/c1-20(17,18)6-5-15-12(16)11-10(14)9-7(13)3-2-4-8(9)19-11/h2-4H,5-6,14H2,1H3,(H,15,16). The van der Waals surface area contributed by atoms with Crippen molar-refractivity contribution < 1.29 is 13.2 Å². The average molecular weight is 377 g/mol. The third-order valence-corrected chi connectivity index (χ3v) is 5.44. The van der Waals surface area contributed by atoms with Crippen LogP contribution in [0.3, 0.4) is 0 Å². The Kier molecular flexibility index (Phi) is 4.36. The number of hydrogen-bond donors (Lipinski definition) is 2. The summed E-state index contributed by atoms with van der Waals surface area (Å²) in [5.74, 6) is -0.438. The minimum absolute atomic E-state index is 0.0759. The molecule has 0 unspecified atom stereocenters. The maximum atomic E-state index is 12.0. The lowest BCUT2D eigenvalue weighted by atomic mass is 10.2. The van der Waals surface area contributed by atoms with Crippen molar-refractivity contribution in [2.24, 2.45) is 0 Å². The van der Waals surface area contributed by atoms with Crippen LogP contribution >= 0.6 is 27.3 Å². The van der Waals surface area contributed by atoms with E-state index in [4.69, 9.17) is 5.73 Å². The van der Waals surface area contributed by atoms with Gasteiger partial charge in [-0.3, -0.25) is 4.79 Å². The van der Waals surface area contributed by atoms with Crippen LogP contribution in [0.25, 0.3) is 10.1 Å². The van der Waals surface area contributed by atoms with Crippen molar-refractivity contribution in [3.05, 3.63) is 27.5 Å². The van der Waals surface area contributed by atoms with Gasteiger partial charge >= 0.3 is 0 Å². The molecule has 1 amide bonds. The number of fused-ring (bicyclic) bond motifs is 1. The zero-order valence-electron chi connectivity index (χ0n) is 10.6. The third kappa shape index (κ3) is 3.31. The van der Waals surface area contributed by atoms with Crippen LogP contribution in [0, 0.1) is 0 Å². The van der Waals surface area contributed by atoms with Crippen LogP contribution in [-0.2, 0) is 9.84 Å². The number of rotatable bonds is 4. The number of nitrogens with one attached hydrogen (secondary N) is 1. The summed E-state index contributed by atoms with van der Waals surface area (Å²) < 4.78 is 23.8. The monoisotopic (exact) mass is 376 g/mol. The van der Waals surface area contributed by atoms with Crippen LogP contribution in [0.4, 0.5) is 5.69 Å². The highest BCUT2D eigenvalue weighted by Crippen LogP contribution is 2.37. The molecule has 0 aliphatic carbocycles. The number of thiophene rings is 1. The molecule has 0 aliphatic heterocycles. The van der Waals surface area contributed by atoms with Gasteiger partial charge in [-0.25, -0.2) is 8.42 Å². The number of nitrogens with two attached hydrogens (primary N) is 1. The van der Waals surface area contributed by atoms with Crippen molar-refractivity contribution >= 4 is 58.8 Å². The molecule has 20 heavy (non-hydrogen) atoms. The molecule has 0 saturated heterocycles. The molecule has 2 rings (SSSR count). The fraction of sp³-hybridized carbons (Fsp3) is 0.250. The molecular formula is C12H13BrN2O3S2. The summed E-state index contributed by atoms with van der Waals surface area (Å²) in [6, 6.07) is 5.61. The summed E-state index contributed by atoms with van der Waals surface area (Å²) in [6.45, 7) is 0.0759. The zero-order chi connectivity index (χ0) is 14.9. The Bertz CT molecular complexity index is 768. The van der Waals surface area contributed by atoms with E-state index in [0.29, 0.717) is 10.6 Å². The molecule has 2 aromatic rings. The van der Waals surface area contributed by atoms with E-state index in [2.05, 4.69) is 21.2 Å². The molecule has 1 aromatic heterocycles. The number of halogens is 1. The number of amides is 1. The molecule has 108 valence electrons. The Morgan fingerprint density at radius 2 is 2.15 bits per heavy atom. The summed E-state index contributed by atoms with van der Waals surface area (Å²) in [4.78, 5) is 12.4. The second-order valence-electron chi connectivity index (χ2n) is 4.34. The first kappa shape index (κ1) is 15.3. The Labute approximate surface area is 129 Å². The average Bonchev–Trinajstić information content (AvgIpc) is 2.66. The van der Waals surface area contributed by atoms with Gasteiger partial charge in [-0.2, -0.15) is 0 Å². The number of sulfone groups is 1. The molecule has 0 spiro atoms. The molecule has 8 heteroatoms. The van der Waals surface area contributed by atoms with Gasteiger partial charge in [-0.15, -0.1) is 11.3 Å². The largest absolute Gasteiger partial charge is 0.397 e. The molecule has 0 saturated carbocycles. The van der Waals surface area contributed by atoms with Gasteiger partial charge in [-0.05, 0) is 12.1 Å². The molecule has 3 N–H and O–H groups in total. The number of hydrogen-bond acceptors (Lipinski definition) is 5. The van der Waals surface area contributed by atoms with E-state index >= 15 is 0 Å². The van der Waals surface area contributed by atoms with Gasteiger partial charge in [0.2, 0.25) is 0 Å². The lowest BCUT2D eigenvalue weighted by Crippen LogP contribution is -2.28. The van der Waals surface area contributed by atoms with Crippen molar-refractivity contribution in [3.63, 3.8) is 0 Å². The number of carbonyl (C=O) groups excluding carboxylic acids is 1. The molecular weight excluding hydrogens is 364 g/mol. The van der Waals surface area contributed by atoms with Crippen LogP contribution in [-0.4, -0.2) is 32.9 Å². The zero-order valence-corrected chi connectivity index (χ0v) is 13.9. The lowest BCUT2D eigenvalue weighted by molar-refractivity contribution is 0.0961. The SMILES string of the molecule is CS(=O)(=O)CCNC(=O)c1sc2cccc(Br)c2c1N. The summed E-state index contributed by atoms with van der Waals surface area (Å²) in [7, 11) is -3.09. The topological polar surface area (TPSA) is 89.3 Å². The molecule has 0 aliphatic rings. The Morgan fingerprint density at radius 1 is 1.45 bits per heavy atom. The summed E-state index contributed by atoms with van der Waals surface area (Å²) >= 11 is 4.69. The van der Waals surface area contributed by atoms with E-state index in [9.17, 15) is 13.2 Å². The quantitative estimate of drug-likeness (QED) is 0.853.